The molecule has 0 aliphatic carbocycles. The van der Waals surface area contributed by atoms with Gasteiger partial charge in [-0.2, -0.15) is 0 Å². The molecule has 0 bridgehead atoms. The monoisotopic (exact) mass is 379 g/mol. The molecule has 0 saturated heterocycles. The van der Waals surface area contributed by atoms with Crippen molar-refractivity contribution in [3.63, 3.8) is 0 Å². The highest BCUT2D eigenvalue weighted by atomic mass is 14.6. The fourth-order valence-electron chi connectivity index (χ4n) is 3.24. The average molecular weight is 380 g/mol. The largest absolute Gasteiger partial charge is 0.403 e. The molecule has 1 heteroatoms. The highest BCUT2D eigenvalue weighted by Crippen LogP contribution is 2.43. The highest BCUT2D eigenvalue weighted by Gasteiger charge is 2.29. The highest BCUT2D eigenvalue weighted by molar-refractivity contribution is 5.15. The van der Waals surface area contributed by atoms with Crippen molar-refractivity contribution in [2.45, 2.75) is 64.2 Å². The van der Waals surface area contributed by atoms with Crippen molar-refractivity contribution in [1.82, 2.24) is 0 Å². The molecule has 0 aliphatic heterocycles. The smallest absolute Gasteiger partial charge is 0.00106 e. The summed E-state index contributed by atoms with van der Waals surface area (Å²) < 4.78 is 0. The Bertz CT molecular complexity index is 554. The molecule has 0 heterocycles. The van der Waals surface area contributed by atoms with E-state index in [0.717, 1.165) is 86.6 Å². The zero-order chi connectivity index (χ0) is 21.6. The van der Waals surface area contributed by atoms with E-state index in [-0.39, 0.29) is 5.41 Å². The Morgan fingerprint density at radius 2 is 0.929 bits per heavy atom. The molecule has 0 aromatic heterocycles. The molecule has 0 aromatic rings. The first-order valence-electron chi connectivity index (χ1n) is 10.2. The summed E-state index contributed by atoms with van der Waals surface area (Å²) in [5.41, 5.74) is 11.1. The second-order valence-corrected chi connectivity index (χ2v) is 8.00. The molecule has 0 atom stereocenters. The van der Waals surface area contributed by atoms with Crippen LogP contribution in [0.2, 0.25) is 0 Å². The molecule has 28 heavy (non-hydrogen) atoms. The predicted octanol–water partition coefficient (Wildman–Crippen LogP) is 8.13. The minimum absolute atomic E-state index is 0.173. The average Bonchev–Trinajstić information content (AvgIpc) is 2.69. The van der Waals surface area contributed by atoms with Gasteiger partial charge in [-0.1, -0.05) is 93.2 Å². The first-order chi connectivity index (χ1) is 13.2. The van der Waals surface area contributed by atoms with Gasteiger partial charge in [0, 0.05) is 5.70 Å². The van der Waals surface area contributed by atoms with Crippen LogP contribution in [0.4, 0.5) is 0 Å². The Morgan fingerprint density at radius 1 is 0.571 bits per heavy atom. The lowest BCUT2D eigenvalue weighted by Gasteiger charge is -2.35. The summed E-state index contributed by atoms with van der Waals surface area (Å²) in [6, 6.07) is 0. The number of rotatable bonds is 18. The molecule has 0 saturated carbocycles. The maximum atomic E-state index is 5.72. The van der Waals surface area contributed by atoms with Crippen LogP contribution in [0.3, 0.4) is 0 Å². The number of allylic oxidation sites excluding steroid dienone is 8. The Labute approximate surface area is 174 Å². The van der Waals surface area contributed by atoms with Crippen molar-refractivity contribution in [2.24, 2.45) is 11.1 Å². The lowest BCUT2D eigenvalue weighted by Crippen LogP contribution is -2.22. The van der Waals surface area contributed by atoms with Gasteiger partial charge >= 0.3 is 0 Å². The zero-order valence-electron chi connectivity index (χ0n) is 18.0. The third-order valence-corrected chi connectivity index (χ3v) is 5.60. The van der Waals surface area contributed by atoms with Crippen LogP contribution in [-0.4, -0.2) is 0 Å². The van der Waals surface area contributed by atoms with E-state index >= 15 is 0 Å². The molecule has 0 fully saturated rings. The summed E-state index contributed by atoms with van der Waals surface area (Å²) in [5, 5.41) is 0. The first-order valence-corrected chi connectivity index (χ1v) is 10.2. The first kappa shape index (κ1) is 25.7. The number of hydrogen-bond donors (Lipinski definition) is 1. The van der Waals surface area contributed by atoms with Gasteiger partial charge in [0.25, 0.3) is 0 Å². The summed E-state index contributed by atoms with van der Waals surface area (Å²) in [6.07, 6.45) is 15.5. The van der Waals surface area contributed by atoms with Crippen molar-refractivity contribution < 1.29 is 0 Å². The molecule has 1 nitrogen and oxygen atoms in total. The van der Waals surface area contributed by atoms with E-state index in [2.05, 4.69) is 52.6 Å². The van der Waals surface area contributed by atoms with Gasteiger partial charge in [-0.3, -0.25) is 0 Å². The Morgan fingerprint density at radius 3 is 1.25 bits per heavy atom. The molecule has 0 amide bonds. The van der Waals surface area contributed by atoms with Gasteiger partial charge in [0.1, 0.15) is 0 Å². The third-order valence-electron chi connectivity index (χ3n) is 5.60. The Balaban J connectivity index is 5.36. The fourth-order valence-corrected chi connectivity index (χ4v) is 3.24. The summed E-state index contributed by atoms with van der Waals surface area (Å²) in [6.45, 7) is 32.0. The SMILES string of the molecule is C=CC(=C)CCC(CCC(=C)C=C)(CCC(=C)C=C)CCC(=C)CCC(=C)N. The molecule has 0 unspecified atom stereocenters. The Hall–Kier alpha value is -2.28. The molecule has 0 aromatic carbocycles. The zero-order valence-corrected chi connectivity index (χ0v) is 18.0. The molecule has 0 rings (SSSR count). The molecular formula is C27H41N. The summed E-state index contributed by atoms with van der Waals surface area (Å²) in [4.78, 5) is 0. The van der Waals surface area contributed by atoms with E-state index in [4.69, 9.17) is 5.73 Å². The van der Waals surface area contributed by atoms with Gasteiger partial charge in [0.15, 0.2) is 0 Å². The standard InChI is InChI=1S/C27H41N/c1-9-22(4)14-18-27(19-15-23(5)10-2,20-16-24(6)11-3)21-17-25(7)12-13-26(8)28/h9-11H,1-8,12-21,28H2. The van der Waals surface area contributed by atoms with Crippen LogP contribution >= 0.6 is 0 Å². The lowest BCUT2D eigenvalue weighted by atomic mass is 9.70. The fraction of sp³-hybridized carbons (Fsp3) is 0.407. The Kier molecular flexibility index (Phi) is 12.7. The second kappa shape index (κ2) is 13.8. The molecule has 0 aliphatic rings. The van der Waals surface area contributed by atoms with Gasteiger partial charge in [-0.25, -0.2) is 0 Å². The van der Waals surface area contributed by atoms with Crippen molar-refractivity contribution in [3.05, 3.63) is 98.8 Å². The molecule has 0 radical (unpaired) electrons. The van der Waals surface area contributed by atoms with Crippen LogP contribution in [0.1, 0.15) is 64.2 Å². The van der Waals surface area contributed by atoms with Crippen LogP contribution < -0.4 is 5.73 Å². The number of nitrogens with two attached hydrogens (primary N) is 1. The van der Waals surface area contributed by atoms with Crippen LogP contribution in [0.25, 0.3) is 0 Å². The lowest BCUT2D eigenvalue weighted by molar-refractivity contribution is 0.200. The predicted molar refractivity (Wildman–Crippen MR) is 129 cm³/mol. The van der Waals surface area contributed by atoms with Crippen LogP contribution in [0.15, 0.2) is 98.8 Å². The van der Waals surface area contributed by atoms with E-state index in [0.29, 0.717) is 0 Å². The topological polar surface area (TPSA) is 26.0 Å². The maximum Gasteiger partial charge on any atom is 0.00106 e. The molecule has 2 N–H and O–H groups in total. The van der Waals surface area contributed by atoms with Gasteiger partial charge in [-0.15, -0.1) is 0 Å². The second-order valence-electron chi connectivity index (χ2n) is 8.00. The molecular weight excluding hydrogens is 338 g/mol. The normalized spacial score (nSPS) is 10.7. The van der Waals surface area contributed by atoms with Crippen LogP contribution in [0, 0.1) is 5.41 Å². The van der Waals surface area contributed by atoms with E-state index in [1.807, 2.05) is 18.2 Å². The summed E-state index contributed by atoms with van der Waals surface area (Å²) >= 11 is 0. The van der Waals surface area contributed by atoms with Gasteiger partial charge in [0.2, 0.25) is 0 Å². The van der Waals surface area contributed by atoms with Crippen molar-refractivity contribution >= 4 is 0 Å². The molecule has 154 valence electrons. The van der Waals surface area contributed by atoms with Gasteiger partial charge < -0.3 is 5.73 Å². The molecule has 0 spiro atoms. The van der Waals surface area contributed by atoms with Gasteiger partial charge in [-0.05, 0) is 69.6 Å². The summed E-state index contributed by atoms with van der Waals surface area (Å²) in [5.74, 6) is 0. The van der Waals surface area contributed by atoms with Gasteiger partial charge in [0.05, 0.1) is 0 Å². The van der Waals surface area contributed by atoms with Crippen molar-refractivity contribution in [3.8, 4) is 0 Å². The van der Waals surface area contributed by atoms with Crippen molar-refractivity contribution in [2.75, 3.05) is 0 Å². The summed E-state index contributed by atoms with van der Waals surface area (Å²) in [7, 11) is 0. The van der Waals surface area contributed by atoms with E-state index in [1.165, 1.54) is 5.57 Å². The number of hydrogen-bond acceptors (Lipinski definition) is 1. The van der Waals surface area contributed by atoms with Crippen LogP contribution in [0.5, 0.6) is 0 Å². The van der Waals surface area contributed by atoms with Crippen LogP contribution in [-0.2, 0) is 0 Å². The van der Waals surface area contributed by atoms with E-state index in [9.17, 15) is 0 Å². The van der Waals surface area contributed by atoms with E-state index in [1.54, 1.807) is 0 Å². The minimum Gasteiger partial charge on any atom is -0.403 e. The third kappa shape index (κ3) is 11.4. The van der Waals surface area contributed by atoms with Crippen molar-refractivity contribution in [1.29, 1.82) is 0 Å². The van der Waals surface area contributed by atoms with E-state index < -0.39 is 0 Å². The quantitative estimate of drug-likeness (QED) is 0.189. The minimum atomic E-state index is 0.173. The maximum absolute atomic E-state index is 5.72.